The van der Waals surface area contributed by atoms with Crippen molar-refractivity contribution in [2.24, 2.45) is 0 Å². The van der Waals surface area contributed by atoms with Gasteiger partial charge in [0.1, 0.15) is 0 Å². The zero-order chi connectivity index (χ0) is 28.9. The standard InChI is InChI=1S/C32H26N4O2S4/c1-20(40-32-35-24-14-8-9-15-26(24)41-32)30(38)33-23-16-17-25-27(18-23)42-31(34-25)39-19-28(37)36-29(21-10-4-2-5-11-21)22-12-6-3-7-13-22/h2-18,20,29H,19H2,1H3,(H,33,38)(H,36,37)/t20-/m1/s1. The van der Waals surface area contributed by atoms with E-state index >= 15 is 0 Å². The Morgan fingerprint density at radius 2 is 1.38 bits per heavy atom. The van der Waals surface area contributed by atoms with Crippen LogP contribution in [0, 0.1) is 0 Å². The van der Waals surface area contributed by atoms with E-state index in [1.54, 1.807) is 11.3 Å². The summed E-state index contributed by atoms with van der Waals surface area (Å²) in [6.45, 7) is 1.89. The number of thiazole rings is 2. The summed E-state index contributed by atoms with van der Waals surface area (Å²) in [6, 6.07) is 33.4. The molecular formula is C32H26N4O2S4. The third-order valence-corrected chi connectivity index (χ3v) is 10.8. The van der Waals surface area contributed by atoms with E-state index in [9.17, 15) is 9.59 Å². The lowest BCUT2D eigenvalue weighted by Gasteiger charge is -2.19. The minimum absolute atomic E-state index is 0.0653. The quantitative estimate of drug-likeness (QED) is 0.150. The lowest BCUT2D eigenvalue weighted by Crippen LogP contribution is -2.30. The molecule has 42 heavy (non-hydrogen) atoms. The van der Waals surface area contributed by atoms with Crippen molar-refractivity contribution in [2.45, 2.75) is 26.9 Å². The molecular weight excluding hydrogens is 601 g/mol. The Bertz CT molecular complexity index is 1770. The van der Waals surface area contributed by atoms with E-state index in [2.05, 4.69) is 20.6 Å². The molecule has 0 radical (unpaired) electrons. The number of amides is 2. The smallest absolute Gasteiger partial charge is 0.237 e. The minimum atomic E-state index is -0.303. The predicted molar refractivity (Wildman–Crippen MR) is 177 cm³/mol. The highest BCUT2D eigenvalue weighted by Crippen LogP contribution is 2.34. The largest absolute Gasteiger partial charge is 0.344 e. The number of para-hydroxylation sites is 1. The van der Waals surface area contributed by atoms with Crippen molar-refractivity contribution in [1.82, 2.24) is 15.3 Å². The maximum absolute atomic E-state index is 13.0. The highest BCUT2D eigenvalue weighted by Gasteiger charge is 2.19. The van der Waals surface area contributed by atoms with Gasteiger partial charge in [0.05, 0.1) is 37.5 Å². The lowest BCUT2D eigenvalue weighted by molar-refractivity contribution is -0.119. The van der Waals surface area contributed by atoms with Gasteiger partial charge in [-0.3, -0.25) is 9.59 Å². The van der Waals surface area contributed by atoms with Gasteiger partial charge in [0.2, 0.25) is 11.8 Å². The highest BCUT2D eigenvalue weighted by molar-refractivity contribution is 8.02. The van der Waals surface area contributed by atoms with Crippen LogP contribution in [0.2, 0.25) is 0 Å². The molecule has 0 aliphatic rings. The third-order valence-electron chi connectivity index (χ3n) is 6.46. The van der Waals surface area contributed by atoms with E-state index in [1.807, 2.05) is 110 Å². The first-order valence-electron chi connectivity index (χ1n) is 13.3. The Balaban J connectivity index is 1.07. The number of hydrogen-bond donors (Lipinski definition) is 2. The van der Waals surface area contributed by atoms with Crippen molar-refractivity contribution in [3.8, 4) is 0 Å². The Morgan fingerprint density at radius 1 is 0.762 bits per heavy atom. The van der Waals surface area contributed by atoms with E-state index in [-0.39, 0.29) is 28.9 Å². The van der Waals surface area contributed by atoms with Gasteiger partial charge in [-0.1, -0.05) is 96.3 Å². The molecule has 6 nitrogen and oxygen atoms in total. The Morgan fingerprint density at radius 3 is 2.10 bits per heavy atom. The summed E-state index contributed by atoms with van der Waals surface area (Å²) >= 11 is 5.98. The molecule has 2 heterocycles. The molecule has 0 saturated heterocycles. The van der Waals surface area contributed by atoms with Gasteiger partial charge in [-0.2, -0.15) is 0 Å². The van der Waals surface area contributed by atoms with Crippen molar-refractivity contribution >= 4 is 84.1 Å². The molecule has 0 aliphatic heterocycles. The van der Waals surface area contributed by atoms with Crippen LogP contribution in [0.25, 0.3) is 20.4 Å². The summed E-state index contributed by atoms with van der Waals surface area (Å²) in [4.78, 5) is 35.2. The van der Waals surface area contributed by atoms with Crippen LogP contribution in [-0.2, 0) is 9.59 Å². The lowest BCUT2D eigenvalue weighted by atomic mass is 9.99. The number of carbonyl (C=O) groups excluding carboxylic acids is 2. The Hall–Kier alpha value is -3.70. The maximum Gasteiger partial charge on any atom is 0.237 e. The zero-order valence-electron chi connectivity index (χ0n) is 22.5. The van der Waals surface area contributed by atoms with Crippen molar-refractivity contribution < 1.29 is 9.59 Å². The van der Waals surface area contributed by atoms with Gasteiger partial charge in [-0.25, -0.2) is 9.97 Å². The predicted octanol–water partition coefficient (Wildman–Crippen LogP) is 8.02. The number of nitrogens with zero attached hydrogens (tertiary/aromatic N) is 2. The van der Waals surface area contributed by atoms with Crippen LogP contribution in [-0.4, -0.2) is 32.8 Å². The number of nitrogens with one attached hydrogen (secondary N) is 2. The van der Waals surface area contributed by atoms with Crippen molar-refractivity contribution in [3.05, 3.63) is 114 Å². The van der Waals surface area contributed by atoms with Crippen LogP contribution in [0.4, 0.5) is 5.69 Å². The number of fused-ring (bicyclic) bond motifs is 2. The molecule has 6 aromatic rings. The SMILES string of the molecule is C[C@@H](Sc1nc2ccccc2s1)C(=O)Nc1ccc2nc(SCC(=O)NC(c3ccccc3)c3ccccc3)sc2c1. The van der Waals surface area contributed by atoms with E-state index in [1.165, 1.54) is 34.9 Å². The number of aromatic nitrogens is 2. The molecule has 0 fully saturated rings. The molecule has 2 N–H and O–H groups in total. The van der Waals surface area contributed by atoms with Crippen LogP contribution in [0.1, 0.15) is 24.1 Å². The average Bonchev–Trinajstić information content (AvgIpc) is 3.62. The summed E-state index contributed by atoms with van der Waals surface area (Å²) in [5.74, 6) is 0.102. The van der Waals surface area contributed by atoms with E-state index in [4.69, 9.17) is 0 Å². The molecule has 10 heteroatoms. The summed E-state index contributed by atoms with van der Waals surface area (Å²) in [5, 5.41) is 5.91. The third kappa shape index (κ3) is 6.84. The monoisotopic (exact) mass is 626 g/mol. The number of carbonyl (C=O) groups is 2. The molecule has 0 saturated carbocycles. The van der Waals surface area contributed by atoms with Crippen molar-refractivity contribution in [3.63, 3.8) is 0 Å². The molecule has 0 aliphatic carbocycles. The van der Waals surface area contributed by atoms with Crippen LogP contribution in [0.3, 0.4) is 0 Å². The number of rotatable bonds is 10. The summed E-state index contributed by atoms with van der Waals surface area (Å²) in [7, 11) is 0. The van der Waals surface area contributed by atoms with Crippen LogP contribution < -0.4 is 10.6 Å². The fraction of sp³-hybridized carbons (Fsp3) is 0.125. The van der Waals surface area contributed by atoms with E-state index in [0.717, 1.165) is 45.9 Å². The number of benzene rings is 4. The fourth-order valence-electron chi connectivity index (χ4n) is 4.37. The van der Waals surface area contributed by atoms with Gasteiger partial charge in [-0.05, 0) is 48.4 Å². The zero-order valence-corrected chi connectivity index (χ0v) is 25.8. The van der Waals surface area contributed by atoms with Crippen LogP contribution in [0.15, 0.2) is 112 Å². The molecule has 4 aromatic carbocycles. The van der Waals surface area contributed by atoms with Gasteiger partial charge in [0, 0.05) is 5.69 Å². The summed E-state index contributed by atoms with van der Waals surface area (Å²) < 4.78 is 3.75. The normalized spacial score (nSPS) is 12.0. The molecule has 6 rings (SSSR count). The Kier molecular flexibility index (Phi) is 8.85. The molecule has 1 atom stereocenters. The van der Waals surface area contributed by atoms with Gasteiger partial charge in [-0.15, -0.1) is 22.7 Å². The topological polar surface area (TPSA) is 84.0 Å². The maximum atomic E-state index is 13.0. The molecule has 0 unspecified atom stereocenters. The van der Waals surface area contributed by atoms with E-state index in [0.29, 0.717) is 0 Å². The average molecular weight is 627 g/mol. The van der Waals surface area contributed by atoms with Gasteiger partial charge in [0.15, 0.2) is 8.68 Å². The minimum Gasteiger partial charge on any atom is -0.344 e. The highest BCUT2D eigenvalue weighted by atomic mass is 32.2. The van der Waals surface area contributed by atoms with Gasteiger partial charge < -0.3 is 10.6 Å². The van der Waals surface area contributed by atoms with Crippen LogP contribution in [0.5, 0.6) is 0 Å². The second-order valence-corrected chi connectivity index (χ2v) is 14.3. The van der Waals surface area contributed by atoms with Gasteiger partial charge >= 0.3 is 0 Å². The number of thioether (sulfide) groups is 2. The fourth-order valence-corrected chi connectivity index (χ4v) is 8.50. The second-order valence-electron chi connectivity index (χ2n) is 9.47. The molecule has 2 amide bonds. The summed E-state index contributed by atoms with van der Waals surface area (Å²) in [6.07, 6.45) is 0. The molecule has 2 aromatic heterocycles. The molecule has 0 spiro atoms. The summed E-state index contributed by atoms with van der Waals surface area (Å²) in [5.41, 5.74) is 4.57. The second kappa shape index (κ2) is 13.1. The Labute approximate surface area is 260 Å². The first-order valence-corrected chi connectivity index (χ1v) is 16.8. The van der Waals surface area contributed by atoms with Crippen LogP contribution >= 0.6 is 46.2 Å². The first kappa shape index (κ1) is 28.4. The first-order chi connectivity index (χ1) is 20.5. The van der Waals surface area contributed by atoms with Gasteiger partial charge in [0.25, 0.3) is 0 Å². The van der Waals surface area contributed by atoms with Crippen molar-refractivity contribution in [2.75, 3.05) is 11.1 Å². The number of hydrogen-bond acceptors (Lipinski definition) is 8. The molecule has 210 valence electrons. The van der Waals surface area contributed by atoms with E-state index < -0.39 is 0 Å². The molecule has 0 bridgehead atoms. The number of anilines is 1. The van der Waals surface area contributed by atoms with Crippen molar-refractivity contribution in [1.29, 1.82) is 0 Å².